The number of imidazole rings is 1. The average Bonchev–Trinajstić information content (AvgIpc) is 3.21. The second-order valence-corrected chi connectivity index (χ2v) is 7.75. The summed E-state index contributed by atoms with van der Waals surface area (Å²) >= 11 is 0. The Morgan fingerprint density at radius 1 is 1.40 bits per heavy atom. The molecular weight excluding hydrogens is 246 g/mol. The Labute approximate surface area is 122 Å². The number of rotatable bonds is 3. The van der Waals surface area contributed by atoms with Crippen LogP contribution in [-0.4, -0.2) is 22.6 Å². The highest BCUT2D eigenvalue weighted by Crippen LogP contribution is 2.52. The zero-order valence-electron chi connectivity index (χ0n) is 12.8. The zero-order valence-corrected chi connectivity index (χ0v) is 12.8. The summed E-state index contributed by atoms with van der Waals surface area (Å²) in [6.45, 7) is 7.07. The van der Waals surface area contributed by atoms with Crippen LogP contribution >= 0.6 is 0 Å². The summed E-state index contributed by atoms with van der Waals surface area (Å²) in [5.74, 6) is 2.91. The summed E-state index contributed by atoms with van der Waals surface area (Å²) in [6.07, 6.45) is 11.4. The molecule has 5 atom stereocenters. The Hall–Kier alpha value is -0.830. The van der Waals surface area contributed by atoms with E-state index in [1.165, 1.54) is 37.8 Å². The quantitative estimate of drug-likeness (QED) is 0.917. The third kappa shape index (κ3) is 1.86. The first-order valence-electron chi connectivity index (χ1n) is 8.40. The fourth-order valence-corrected chi connectivity index (χ4v) is 5.22. The second kappa shape index (κ2) is 4.59. The van der Waals surface area contributed by atoms with Crippen molar-refractivity contribution in [1.29, 1.82) is 0 Å². The van der Waals surface area contributed by atoms with Crippen molar-refractivity contribution in [3.63, 3.8) is 0 Å². The first kappa shape index (κ1) is 12.9. The lowest BCUT2D eigenvalue weighted by Crippen LogP contribution is -2.31. The summed E-state index contributed by atoms with van der Waals surface area (Å²) in [7, 11) is 0. The van der Waals surface area contributed by atoms with Gasteiger partial charge in [0.05, 0.1) is 6.33 Å². The van der Waals surface area contributed by atoms with Crippen LogP contribution in [0.25, 0.3) is 0 Å². The molecule has 1 aromatic heterocycles. The highest BCUT2D eigenvalue weighted by Gasteiger charge is 2.43. The van der Waals surface area contributed by atoms with Crippen LogP contribution in [0, 0.1) is 17.8 Å². The molecule has 110 valence electrons. The molecule has 0 amide bonds. The number of nitrogens with zero attached hydrogens (tertiary/aromatic N) is 2. The average molecular weight is 273 g/mol. The van der Waals surface area contributed by atoms with Crippen molar-refractivity contribution in [2.45, 2.75) is 57.4 Å². The van der Waals surface area contributed by atoms with Gasteiger partial charge in [0.25, 0.3) is 0 Å². The molecule has 1 N–H and O–H groups in total. The minimum absolute atomic E-state index is 0.280. The number of fused-ring (bicyclic) bond motifs is 2. The van der Waals surface area contributed by atoms with Crippen molar-refractivity contribution < 1.29 is 0 Å². The fourth-order valence-electron chi connectivity index (χ4n) is 5.22. The van der Waals surface area contributed by atoms with Gasteiger partial charge in [-0.3, -0.25) is 0 Å². The van der Waals surface area contributed by atoms with E-state index in [1.54, 1.807) is 0 Å². The van der Waals surface area contributed by atoms with Crippen LogP contribution < -0.4 is 5.32 Å². The van der Waals surface area contributed by atoms with Gasteiger partial charge in [0.1, 0.15) is 0 Å². The smallest absolute Gasteiger partial charge is 0.0950 e. The van der Waals surface area contributed by atoms with Crippen LogP contribution in [0.1, 0.15) is 57.7 Å². The van der Waals surface area contributed by atoms with Gasteiger partial charge in [0.2, 0.25) is 0 Å². The Kier molecular flexibility index (Phi) is 2.95. The van der Waals surface area contributed by atoms with Gasteiger partial charge >= 0.3 is 0 Å². The summed E-state index contributed by atoms with van der Waals surface area (Å²) < 4.78 is 2.51. The predicted molar refractivity (Wildman–Crippen MR) is 80.7 cm³/mol. The van der Waals surface area contributed by atoms with E-state index in [0.717, 1.165) is 30.8 Å². The van der Waals surface area contributed by atoms with Crippen LogP contribution in [0.2, 0.25) is 0 Å². The summed E-state index contributed by atoms with van der Waals surface area (Å²) in [4.78, 5) is 4.50. The third-order valence-electron chi connectivity index (χ3n) is 6.50. The standard InChI is InChI=1S/C17H27N3/c1-12(15-8-13-3-4-14(15)7-13)20-11-19-9-16(20)17(2)5-6-18-10-17/h9,11-15,18H,3-8,10H2,1-2H3. The minimum atomic E-state index is 0.280. The van der Waals surface area contributed by atoms with E-state index in [9.17, 15) is 0 Å². The Morgan fingerprint density at radius 3 is 2.95 bits per heavy atom. The van der Waals surface area contributed by atoms with Crippen molar-refractivity contribution in [2.24, 2.45) is 17.8 Å². The molecule has 2 saturated carbocycles. The molecule has 2 heterocycles. The maximum atomic E-state index is 4.50. The molecule has 0 spiro atoms. The van der Waals surface area contributed by atoms with Crippen LogP contribution in [0.15, 0.2) is 12.5 Å². The first-order chi connectivity index (χ1) is 9.67. The van der Waals surface area contributed by atoms with E-state index in [2.05, 4.69) is 41.2 Å². The van der Waals surface area contributed by atoms with Crippen LogP contribution in [0.4, 0.5) is 0 Å². The van der Waals surface area contributed by atoms with E-state index in [-0.39, 0.29) is 5.41 Å². The zero-order chi connectivity index (χ0) is 13.7. The lowest BCUT2D eigenvalue weighted by Gasteiger charge is -2.33. The summed E-state index contributed by atoms with van der Waals surface area (Å²) in [5, 5.41) is 3.52. The largest absolute Gasteiger partial charge is 0.331 e. The molecule has 1 saturated heterocycles. The molecule has 0 aromatic carbocycles. The predicted octanol–water partition coefficient (Wildman–Crippen LogP) is 3.13. The highest BCUT2D eigenvalue weighted by molar-refractivity contribution is 5.18. The molecule has 3 fully saturated rings. The molecule has 3 heteroatoms. The van der Waals surface area contributed by atoms with Crippen molar-refractivity contribution in [2.75, 3.05) is 13.1 Å². The van der Waals surface area contributed by atoms with Gasteiger partial charge in [0.15, 0.2) is 0 Å². The van der Waals surface area contributed by atoms with Gasteiger partial charge in [0, 0.05) is 29.9 Å². The maximum Gasteiger partial charge on any atom is 0.0950 e. The van der Waals surface area contributed by atoms with Gasteiger partial charge in [-0.1, -0.05) is 13.3 Å². The number of hydrogen-bond donors (Lipinski definition) is 1. The third-order valence-corrected chi connectivity index (χ3v) is 6.50. The van der Waals surface area contributed by atoms with Crippen LogP contribution in [-0.2, 0) is 5.41 Å². The lowest BCUT2D eigenvalue weighted by molar-refractivity contribution is 0.234. The Morgan fingerprint density at radius 2 is 2.30 bits per heavy atom. The van der Waals surface area contributed by atoms with Crippen molar-refractivity contribution in [3.8, 4) is 0 Å². The van der Waals surface area contributed by atoms with Crippen LogP contribution in [0.3, 0.4) is 0 Å². The molecule has 0 radical (unpaired) electrons. The molecule has 3 aliphatic rings. The molecule has 2 aliphatic carbocycles. The van der Waals surface area contributed by atoms with E-state index >= 15 is 0 Å². The van der Waals surface area contributed by atoms with E-state index < -0.39 is 0 Å². The monoisotopic (exact) mass is 273 g/mol. The number of aromatic nitrogens is 2. The minimum Gasteiger partial charge on any atom is -0.331 e. The fraction of sp³-hybridized carbons (Fsp3) is 0.824. The molecule has 1 aromatic rings. The summed E-state index contributed by atoms with van der Waals surface area (Å²) in [6, 6.07) is 0.625. The first-order valence-corrected chi connectivity index (χ1v) is 8.40. The highest BCUT2D eigenvalue weighted by atomic mass is 15.1. The number of hydrogen-bond acceptors (Lipinski definition) is 2. The normalized spacial score (nSPS) is 41.4. The van der Waals surface area contributed by atoms with Gasteiger partial charge in [-0.15, -0.1) is 0 Å². The topological polar surface area (TPSA) is 29.9 Å². The maximum absolute atomic E-state index is 4.50. The van der Waals surface area contributed by atoms with Gasteiger partial charge < -0.3 is 9.88 Å². The lowest BCUT2D eigenvalue weighted by atomic mass is 9.82. The number of nitrogens with one attached hydrogen (secondary N) is 1. The Bertz CT molecular complexity index is 486. The van der Waals surface area contributed by atoms with E-state index in [4.69, 9.17) is 0 Å². The molecule has 1 aliphatic heterocycles. The van der Waals surface area contributed by atoms with Gasteiger partial charge in [-0.25, -0.2) is 4.98 Å². The molecule has 20 heavy (non-hydrogen) atoms. The van der Waals surface area contributed by atoms with Crippen LogP contribution in [0.5, 0.6) is 0 Å². The molecular formula is C17H27N3. The van der Waals surface area contributed by atoms with Gasteiger partial charge in [-0.05, 0) is 56.9 Å². The van der Waals surface area contributed by atoms with Crippen molar-refractivity contribution in [1.82, 2.24) is 14.9 Å². The SMILES string of the molecule is CC(C1CC2CCC1C2)n1cncc1C1(C)CCNC1. The van der Waals surface area contributed by atoms with E-state index in [0.29, 0.717) is 6.04 Å². The van der Waals surface area contributed by atoms with Crippen molar-refractivity contribution >= 4 is 0 Å². The molecule has 4 rings (SSSR count). The Balaban J connectivity index is 1.61. The molecule has 3 nitrogen and oxygen atoms in total. The summed E-state index contributed by atoms with van der Waals surface area (Å²) in [5.41, 5.74) is 1.74. The van der Waals surface area contributed by atoms with Gasteiger partial charge in [-0.2, -0.15) is 0 Å². The molecule has 2 bridgehead atoms. The second-order valence-electron chi connectivity index (χ2n) is 7.75. The molecule has 5 unspecified atom stereocenters. The van der Waals surface area contributed by atoms with E-state index in [1.807, 2.05) is 0 Å². The van der Waals surface area contributed by atoms with Crippen molar-refractivity contribution in [3.05, 3.63) is 18.2 Å².